The minimum atomic E-state index is -3.96. The van der Waals surface area contributed by atoms with E-state index < -0.39 is 22.0 Å². The minimum Gasteiger partial charge on any atom is -0.480 e. The van der Waals surface area contributed by atoms with E-state index in [0.717, 1.165) is 0 Å². The van der Waals surface area contributed by atoms with Gasteiger partial charge in [-0.2, -0.15) is 4.72 Å². The van der Waals surface area contributed by atoms with Crippen molar-refractivity contribution in [1.29, 1.82) is 0 Å². The van der Waals surface area contributed by atoms with Crippen LogP contribution in [0.25, 0.3) is 0 Å². The first-order valence-corrected chi connectivity index (χ1v) is 7.09. The molecule has 0 saturated carbocycles. The molecule has 7 heteroatoms. The van der Waals surface area contributed by atoms with Gasteiger partial charge in [0.25, 0.3) is 0 Å². The SMILES string of the molecule is C#CCC(NS(=O)(=O)c1ccc(Cl)cc1C)C(=O)O. The summed E-state index contributed by atoms with van der Waals surface area (Å²) in [6.07, 6.45) is 4.77. The highest BCUT2D eigenvalue weighted by molar-refractivity contribution is 7.89. The van der Waals surface area contributed by atoms with Gasteiger partial charge in [0.15, 0.2) is 0 Å². The lowest BCUT2D eigenvalue weighted by Gasteiger charge is -2.14. The summed E-state index contributed by atoms with van der Waals surface area (Å²) in [5, 5.41) is 9.28. The molecule has 102 valence electrons. The van der Waals surface area contributed by atoms with Gasteiger partial charge in [0.1, 0.15) is 6.04 Å². The van der Waals surface area contributed by atoms with Crippen LogP contribution in [0.2, 0.25) is 5.02 Å². The van der Waals surface area contributed by atoms with Gasteiger partial charge in [0, 0.05) is 11.4 Å². The van der Waals surface area contributed by atoms with Gasteiger partial charge in [-0.15, -0.1) is 12.3 Å². The molecule has 0 spiro atoms. The van der Waals surface area contributed by atoms with Crippen molar-refractivity contribution in [3.8, 4) is 12.3 Å². The predicted octanol–water partition coefficient (Wildman–Crippen LogP) is 1.40. The summed E-state index contributed by atoms with van der Waals surface area (Å²) in [7, 11) is -3.96. The van der Waals surface area contributed by atoms with Gasteiger partial charge in [-0.3, -0.25) is 4.79 Å². The quantitative estimate of drug-likeness (QED) is 0.805. The summed E-state index contributed by atoms with van der Waals surface area (Å²) in [5.41, 5.74) is 0.421. The van der Waals surface area contributed by atoms with Gasteiger partial charge in [0.05, 0.1) is 4.90 Å². The number of aliphatic carboxylic acids is 1. The third-order valence-electron chi connectivity index (χ3n) is 2.34. The summed E-state index contributed by atoms with van der Waals surface area (Å²) in [4.78, 5) is 10.9. The highest BCUT2D eigenvalue weighted by Gasteiger charge is 2.25. The molecule has 0 saturated heterocycles. The Morgan fingerprint density at radius 3 is 2.68 bits per heavy atom. The number of nitrogens with one attached hydrogen (secondary N) is 1. The topological polar surface area (TPSA) is 83.5 Å². The molecule has 0 heterocycles. The number of sulfonamides is 1. The Morgan fingerprint density at radius 2 is 2.21 bits per heavy atom. The lowest BCUT2D eigenvalue weighted by atomic mass is 10.2. The van der Waals surface area contributed by atoms with E-state index in [0.29, 0.717) is 10.6 Å². The molecule has 0 fully saturated rings. The highest BCUT2D eigenvalue weighted by atomic mass is 35.5. The van der Waals surface area contributed by atoms with E-state index in [-0.39, 0.29) is 11.3 Å². The number of carbonyl (C=O) groups is 1. The van der Waals surface area contributed by atoms with E-state index in [1.165, 1.54) is 18.2 Å². The van der Waals surface area contributed by atoms with Crippen LogP contribution in [0.3, 0.4) is 0 Å². The number of hydrogen-bond acceptors (Lipinski definition) is 3. The van der Waals surface area contributed by atoms with Crippen molar-refractivity contribution < 1.29 is 18.3 Å². The molecule has 0 aliphatic rings. The van der Waals surface area contributed by atoms with Crippen molar-refractivity contribution in [2.75, 3.05) is 0 Å². The third-order valence-corrected chi connectivity index (χ3v) is 4.21. The predicted molar refractivity (Wildman–Crippen MR) is 71.4 cm³/mol. The number of carboxylic acids is 1. The third kappa shape index (κ3) is 3.96. The maximum Gasteiger partial charge on any atom is 0.322 e. The average molecular weight is 302 g/mol. The number of aryl methyl sites for hydroxylation is 1. The Morgan fingerprint density at radius 1 is 1.58 bits per heavy atom. The van der Waals surface area contributed by atoms with Crippen LogP contribution in [-0.4, -0.2) is 25.5 Å². The van der Waals surface area contributed by atoms with Crippen molar-refractivity contribution in [3.63, 3.8) is 0 Å². The summed E-state index contributed by atoms with van der Waals surface area (Å²) in [5.74, 6) is 0.792. The van der Waals surface area contributed by atoms with E-state index in [1.54, 1.807) is 6.92 Å². The molecule has 0 aliphatic heterocycles. The molecule has 5 nitrogen and oxygen atoms in total. The zero-order valence-corrected chi connectivity index (χ0v) is 11.6. The Kier molecular flexibility index (Phi) is 4.95. The molecule has 0 amide bonds. The molecule has 1 aromatic carbocycles. The summed E-state index contributed by atoms with van der Waals surface area (Å²) in [6.45, 7) is 1.57. The molecular formula is C12H12ClNO4S. The van der Waals surface area contributed by atoms with Crippen molar-refractivity contribution >= 4 is 27.6 Å². The first-order valence-electron chi connectivity index (χ1n) is 5.22. The van der Waals surface area contributed by atoms with Crippen LogP contribution >= 0.6 is 11.6 Å². The van der Waals surface area contributed by atoms with Crippen LogP contribution in [-0.2, 0) is 14.8 Å². The number of terminal acetylenes is 1. The Labute approximate surface area is 116 Å². The number of hydrogen-bond donors (Lipinski definition) is 2. The molecule has 0 bridgehead atoms. The Bertz CT molecular complexity index is 634. The lowest BCUT2D eigenvalue weighted by molar-refractivity contribution is -0.138. The van der Waals surface area contributed by atoms with Crippen LogP contribution in [0.1, 0.15) is 12.0 Å². The molecule has 0 aromatic heterocycles. The Hall–Kier alpha value is -1.55. The van der Waals surface area contributed by atoms with E-state index in [1.807, 2.05) is 0 Å². The summed E-state index contributed by atoms with van der Waals surface area (Å²) in [6, 6.07) is 2.85. The van der Waals surface area contributed by atoms with Gasteiger partial charge < -0.3 is 5.11 Å². The smallest absolute Gasteiger partial charge is 0.322 e. The molecule has 19 heavy (non-hydrogen) atoms. The minimum absolute atomic E-state index is 0.0276. The maximum absolute atomic E-state index is 12.1. The second-order valence-electron chi connectivity index (χ2n) is 3.83. The van der Waals surface area contributed by atoms with Crippen LogP contribution in [0.4, 0.5) is 0 Å². The molecular weight excluding hydrogens is 290 g/mol. The molecule has 2 N–H and O–H groups in total. The zero-order valence-electron chi connectivity index (χ0n) is 10.1. The molecule has 1 aromatic rings. The van der Waals surface area contributed by atoms with Crippen molar-refractivity contribution in [2.45, 2.75) is 24.3 Å². The van der Waals surface area contributed by atoms with Crippen LogP contribution < -0.4 is 4.72 Å². The fraction of sp³-hybridized carbons (Fsp3) is 0.250. The fourth-order valence-corrected chi connectivity index (χ4v) is 3.10. The molecule has 0 radical (unpaired) electrons. The lowest BCUT2D eigenvalue weighted by Crippen LogP contribution is -2.40. The van der Waals surface area contributed by atoms with E-state index in [2.05, 4.69) is 10.6 Å². The monoisotopic (exact) mass is 301 g/mol. The zero-order chi connectivity index (χ0) is 14.6. The fourth-order valence-electron chi connectivity index (χ4n) is 1.46. The molecule has 1 atom stereocenters. The standard InChI is InChI=1S/C12H12ClNO4S/c1-3-4-10(12(15)16)14-19(17,18)11-6-5-9(13)7-8(11)2/h1,5-7,10,14H,4H2,2H3,(H,15,16). The first kappa shape index (κ1) is 15.5. The van der Waals surface area contributed by atoms with E-state index in [9.17, 15) is 13.2 Å². The average Bonchev–Trinajstić information content (AvgIpc) is 2.27. The summed E-state index contributed by atoms with van der Waals surface area (Å²) >= 11 is 5.74. The number of carboxylic acid groups (broad SMARTS) is 1. The van der Waals surface area contributed by atoms with Crippen molar-refractivity contribution in [1.82, 2.24) is 4.72 Å². The first-order chi connectivity index (χ1) is 8.77. The summed E-state index contributed by atoms with van der Waals surface area (Å²) < 4.78 is 26.2. The highest BCUT2D eigenvalue weighted by Crippen LogP contribution is 2.19. The molecule has 0 aliphatic carbocycles. The van der Waals surface area contributed by atoms with E-state index in [4.69, 9.17) is 23.1 Å². The van der Waals surface area contributed by atoms with Gasteiger partial charge in [-0.25, -0.2) is 8.42 Å². The second-order valence-corrected chi connectivity index (χ2v) is 5.95. The normalized spacial score (nSPS) is 12.7. The largest absolute Gasteiger partial charge is 0.480 e. The van der Waals surface area contributed by atoms with Crippen LogP contribution in [0.15, 0.2) is 23.1 Å². The van der Waals surface area contributed by atoms with Gasteiger partial charge in [-0.05, 0) is 30.7 Å². The van der Waals surface area contributed by atoms with Gasteiger partial charge in [0.2, 0.25) is 10.0 Å². The number of rotatable bonds is 5. The number of benzene rings is 1. The van der Waals surface area contributed by atoms with Crippen molar-refractivity contribution in [2.24, 2.45) is 0 Å². The second kappa shape index (κ2) is 6.06. The maximum atomic E-state index is 12.1. The molecule has 1 rings (SSSR count). The van der Waals surface area contributed by atoms with Crippen LogP contribution in [0.5, 0.6) is 0 Å². The van der Waals surface area contributed by atoms with Gasteiger partial charge >= 0.3 is 5.97 Å². The van der Waals surface area contributed by atoms with Crippen LogP contribution in [0, 0.1) is 19.3 Å². The van der Waals surface area contributed by atoms with E-state index >= 15 is 0 Å². The number of halogens is 1. The van der Waals surface area contributed by atoms with Gasteiger partial charge in [-0.1, -0.05) is 11.6 Å². The molecule has 1 unspecified atom stereocenters. The Balaban J connectivity index is 3.11. The van der Waals surface area contributed by atoms with Crippen molar-refractivity contribution in [3.05, 3.63) is 28.8 Å².